The van der Waals surface area contributed by atoms with E-state index in [-0.39, 0.29) is 6.61 Å². The van der Waals surface area contributed by atoms with Crippen molar-refractivity contribution < 1.29 is 18.5 Å². The Balaban J connectivity index is 4.47. The maximum Gasteiger partial charge on any atom is 0.334 e. The largest absolute Gasteiger partial charge is 0.395 e. The maximum absolute atomic E-state index is 11.1. The minimum Gasteiger partial charge on any atom is -0.395 e. The predicted molar refractivity (Wildman–Crippen MR) is 57.5 cm³/mol. The molecule has 13 heavy (non-hydrogen) atoms. The molecule has 0 aromatic rings. The highest BCUT2D eigenvalue weighted by atomic mass is 32.3. The van der Waals surface area contributed by atoms with Crippen molar-refractivity contribution in [3.8, 4) is 0 Å². The number of rotatable bonds is 6. The molecule has 0 radical (unpaired) electrons. The third-order valence-electron chi connectivity index (χ3n) is 1.81. The Labute approximate surface area is 81.4 Å². The smallest absolute Gasteiger partial charge is 0.334 e. The highest BCUT2D eigenvalue weighted by molar-refractivity contribution is 8.31. The SMILES string of the molecule is CCS(CC)(CCO)OP(C)(=O)O. The van der Waals surface area contributed by atoms with Crippen molar-refractivity contribution >= 4 is 17.9 Å². The van der Waals surface area contributed by atoms with Gasteiger partial charge >= 0.3 is 7.60 Å². The first-order valence-corrected chi connectivity index (χ1v) is 8.37. The van der Waals surface area contributed by atoms with Gasteiger partial charge in [-0.2, -0.15) is 0 Å². The third-order valence-corrected chi connectivity index (χ3v) is 7.21. The lowest BCUT2D eigenvalue weighted by atomic mass is 10.9. The highest BCUT2D eigenvalue weighted by Gasteiger charge is 2.27. The first-order valence-electron chi connectivity index (χ1n) is 4.28. The second-order valence-electron chi connectivity index (χ2n) is 2.85. The molecule has 0 aliphatic heterocycles. The molecule has 1 atom stereocenters. The quantitative estimate of drug-likeness (QED) is 0.680. The van der Waals surface area contributed by atoms with E-state index >= 15 is 0 Å². The van der Waals surface area contributed by atoms with Gasteiger partial charge in [0.25, 0.3) is 0 Å². The molecule has 0 spiro atoms. The molecule has 0 bridgehead atoms. The van der Waals surface area contributed by atoms with E-state index in [2.05, 4.69) is 0 Å². The molecule has 0 fully saturated rings. The van der Waals surface area contributed by atoms with Gasteiger partial charge in [0.2, 0.25) is 0 Å². The number of hydrogen-bond acceptors (Lipinski definition) is 3. The van der Waals surface area contributed by atoms with Crippen molar-refractivity contribution in [2.45, 2.75) is 13.8 Å². The van der Waals surface area contributed by atoms with Crippen molar-refractivity contribution in [2.75, 3.05) is 30.5 Å². The predicted octanol–water partition coefficient (Wildman–Crippen LogP) is 1.57. The molecule has 0 aromatic heterocycles. The number of hydrogen-bond donors (Lipinski definition) is 2. The molecule has 0 heterocycles. The Morgan fingerprint density at radius 1 is 1.38 bits per heavy atom. The molecule has 0 rings (SSSR count). The summed E-state index contributed by atoms with van der Waals surface area (Å²) in [4.78, 5) is 9.11. The standard InChI is InChI=1S/C7H19O4PS/c1-4-13(5-2,7-6-8)11-12(3,9)10/h8H,4-7H2,1-3H3,(H,9,10). The minimum atomic E-state index is -3.42. The van der Waals surface area contributed by atoms with E-state index in [9.17, 15) is 4.57 Å². The van der Waals surface area contributed by atoms with E-state index in [0.29, 0.717) is 17.3 Å². The lowest BCUT2D eigenvalue weighted by Gasteiger charge is -2.37. The van der Waals surface area contributed by atoms with Crippen LogP contribution < -0.4 is 0 Å². The molecule has 82 valence electrons. The average molecular weight is 230 g/mol. The zero-order valence-corrected chi connectivity index (χ0v) is 10.1. The molecule has 4 nitrogen and oxygen atoms in total. The summed E-state index contributed by atoms with van der Waals surface area (Å²) in [6, 6.07) is 0. The summed E-state index contributed by atoms with van der Waals surface area (Å²) >= 11 is 0. The lowest BCUT2D eigenvalue weighted by Crippen LogP contribution is -2.15. The maximum atomic E-state index is 11.1. The normalized spacial score (nSPS) is 18.2. The van der Waals surface area contributed by atoms with E-state index in [1.54, 1.807) is 0 Å². The molecule has 0 aliphatic rings. The van der Waals surface area contributed by atoms with E-state index in [1.165, 1.54) is 6.66 Å². The summed E-state index contributed by atoms with van der Waals surface area (Å²) in [5.74, 6) is 1.91. The van der Waals surface area contributed by atoms with E-state index in [4.69, 9.17) is 14.0 Å². The summed E-state index contributed by atoms with van der Waals surface area (Å²) < 4.78 is 16.3. The van der Waals surface area contributed by atoms with Crippen molar-refractivity contribution in [2.24, 2.45) is 0 Å². The second-order valence-corrected chi connectivity index (χ2v) is 8.55. The van der Waals surface area contributed by atoms with Crippen LogP contribution in [-0.4, -0.2) is 40.5 Å². The zero-order valence-electron chi connectivity index (χ0n) is 8.39. The topological polar surface area (TPSA) is 66.8 Å². The lowest BCUT2D eigenvalue weighted by molar-refractivity contribution is 0.318. The van der Waals surface area contributed by atoms with Crippen LogP contribution in [0.3, 0.4) is 0 Å². The van der Waals surface area contributed by atoms with Crippen LogP contribution in [0.25, 0.3) is 0 Å². The Morgan fingerprint density at radius 3 is 2.08 bits per heavy atom. The average Bonchev–Trinajstić information content (AvgIpc) is 2.01. The Morgan fingerprint density at radius 2 is 1.85 bits per heavy atom. The van der Waals surface area contributed by atoms with E-state index < -0.39 is 17.9 Å². The van der Waals surface area contributed by atoms with Gasteiger partial charge in [-0.25, -0.2) is 0 Å². The van der Waals surface area contributed by atoms with Gasteiger partial charge in [0.15, 0.2) is 0 Å². The van der Waals surface area contributed by atoms with Gasteiger partial charge in [-0.05, 0) is 11.5 Å². The monoisotopic (exact) mass is 230 g/mol. The summed E-state index contributed by atoms with van der Waals surface area (Å²) in [5, 5.41) is 8.83. The van der Waals surface area contributed by atoms with Crippen molar-refractivity contribution in [1.29, 1.82) is 0 Å². The van der Waals surface area contributed by atoms with Crippen molar-refractivity contribution in [1.82, 2.24) is 0 Å². The molecule has 0 aliphatic carbocycles. The van der Waals surface area contributed by atoms with Gasteiger partial charge in [-0.15, -0.1) is 10.3 Å². The Kier molecular flexibility index (Phi) is 5.56. The third kappa shape index (κ3) is 5.03. The van der Waals surface area contributed by atoms with Crippen LogP contribution in [0.5, 0.6) is 0 Å². The molecule has 0 saturated heterocycles. The fourth-order valence-corrected chi connectivity index (χ4v) is 5.90. The van der Waals surface area contributed by atoms with Crippen LogP contribution in [0, 0.1) is 0 Å². The highest BCUT2D eigenvalue weighted by Crippen LogP contribution is 2.59. The van der Waals surface area contributed by atoms with E-state index in [0.717, 1.165) is 0 Å². The first kappa shape index (κ1) is 13.5. The summed E-state index contributed by atoms with van der Waals surface area (Å²) in [6.45, 7) is 5.04. The van der Waals surface area contributed by atoms with Crippen LogP contribution in [0.2, 0.25) is 0 Å². The van der Waals surface area contributed by atoms with Gasteiger partial charge in [-0.1, -0.05) is 13.8 Å². The molecule has 1 unspecified atom stereocenters. The van der Waals surface area contributed by atoms with E-state index in [1.807, 2.05) is 13.8 Å². The molecule has 6 heteroatoms. The molecule has 0 amide bonds. The van der Waals surface area contributed by atoms with Crippen LogP contribution in [0.4, 0.5) is 0 Å². The summed E-state index contributed by atoms with van der Waals surface area (Å²) in [5.41, 5.74) is 0. The molecule has 0 saturated carbocycles. The van der Waals surface area contributed by atoms with Gasteiger partial charge < -0.3 is 10.00 Å². The van der Waals surface area contributed by atoms with Crippen LogP contribution >= 0.6 is 17.9 Å². The van der Waals surface area contributed by atoms with Crippen LogP contribution in [-0.2, 0) is 8.54 Å². The fourth-order valence-electron chi connectivity index (χ4n) is 1.10. The number of aliphatic hydroxyl groups is 1. The summed E-state index contributed by atoms with van der Waals surface area (Å²) in [6.07, 6.45) is 0. The molecular formula is C7H19O4PS. The first-order chi connectivity index (χ1) is 5.89. The van der Waals surface area contributed by atoms with Gasteiger partial charge in [0, 0.05) is 12.4 Å². The molecular weight excluding hydrogens is 211 g/mol. The van der Waals surface area contributed by atoms with Gasteiger partial charge in [0.1, 0.15) is 0 Å². The zero-order chi connectivity index (χ0) is 10.5. The number of aliphatic hydroxyl groups excluding tert-OH is 1. The van der Waals surface area contributed by atoms with Crippen molar-refractivity contribution in [3.05, 3.63) is 0 Å². The van der Waals surface area contributed by atoms with Crippen molar-refractivity contribution in [3.63, 3.8) is 0 Å². The minimum absolute atomic E-state index is 0.0109. The second kappa shape index (κ2) is 5.37. The Hall–Kier alpha value is 0.460. The molecule has 0 aromatic carbocycles. The Bertz CT molecular complexity index is 187. The van der Waals surface area contributed by atoms with Crippen LogP contribution in [0.1, 0.15) is 13.8 Å². The molecule has 2 N–H and O–H groups in total. The van der Waals surface area contributed by atoms with Gasteiger partial charge in [-0.3, -0.25) is 8.54 Å². The van der Waals surface area contributed by atoms with Crippen LogP contribution in [0.15, 0.2) is 0 Å². The summed E-state index contributed by atoms with van der Waals surface area (Å²) in [7, 11) is -4.97. The fraction of sp³-hybridized carbons (Fsp3) is 1.00. The van der Waals surface area contributed by atoms with Gasteiger partial charge in [0.05, 0.1) is 6.61 Å².